The van der Waals surface area contributed by atoms with E-state index in [0.717, 1.165) is 5.56 Å². The molecule has 5 nitrogen and oxygen atoms in total. The molecule has 7 heteroatoms. The Morgan fingerprint density at radius 2 is 2.35 bits per heavy atom. The van der Waals surface area contributed by atoms with Crippen LogP contribution in [0.5, 0.6) is 0 Å². The van der Waals surface area contributed by atoms with Gasteiger partial charge in [0.25, 0.3) is 0 Å². The summed E-state index contributed by atoms with van der Waals surface area (Å²) < 4.78 is 18.1. The Hall–Kier alpha value is -1.50. The lowest BCUT2D eigenvalue weighted by Gasteiger charge is -2.02. The number of nitrogens with one attached hydrogen (secondary N) is 1. The molecule has 0 amide bonds. The van der Waals surface area contributed by atoms with E-state index in [2.05, 4.69) is 15.5 Å². The minimum Gasteiger partial charge on any atom is -0.392 e. The van der Waals surface area contributed by atoms with Crippen molar-refractivity contribution in [1.29, 1.82) is 0 Å². The summed E-state index contributed by atoms with van der Waals surface area (Å²) in [7, 11) is 0. The number of aliphatic hydroxyl groups is 1. The van der Waals surface area contributed by atoms with Crippen molar-refractivity contribution in [3.63, 3.8) is 0 Å². The van der Waals surface area contributed by atoms with Crippen molar-refractivity contribution >= 4 is 11.6 Å². The predicted molar refractivity (Wildman–Crippen MR) is 69.9 cm³/mol. The fourth-order valence-corrected chi connectivity index (χ4v) is 2.46. The SMILES string of the molecule is O[C@@H]1CN[C@@H](c2nc(Cc3ccc(F)cc3Cl)no2)C1. The second-order valence-electron chi connectivity index (χ2n) is 4.81. The highest BCUT2D eigenvalue weighted by atomic mass is 35.5. The highest BCUT2D eigenvalue weighted by Gasteiger charge is 2.28. The van der Waals surface area contributed by atoms with Crippen LogP contribution in [-0.4, -0.2) is 27.9 Å². The normalized spacial score (nSPS) is 22.4. The van der Waals surface area contributed by atoms with Crippen molar-refractivity contribution in [1.82, 2.24) is 15.5 Å². The van der Waals surface area contributed by atoms with Crippen molar-refractivity contribution in [2.45, 2.75) is 25.0 Å². The lowest BCUT2D eigenvalue weighted by molar-refractivity contribution is 0.191. The van der Waals surface area contributed by atoms with E-state index < -0.39 is 0 Å². The summed E-state index contributed by atoms with van der Waals surface area (Å²) in [6.45, 7) is 0.520. The summed E-state index contributed by atoms with van der Waals surface area (Å²) in [5.74, 6) is 0.558. The third kappa shape index (κ3) is 2.82. The Kier molecular flexibility index (Phi) is 3.69. The molecule has 2 atom stereocenters. The number of aliphatic hydroxyl groups excluding tert-OH is 1. The molecule has 20 heavy (non-hydrogen) atoms. The first-order chi connectivity index (χ1) is 9.61. The zero-order chi connectivity index (χ0) is 14.1. The number of β-amino-alcohol motifs (C(OH)–C–C–N with tert-alkyl or cyclic N) is 1. The van der Waals surface area contributed by atoms with Crippen LogP contribution in [0.2, 0.25) is 5.02 Å². The summed E-state index contributed by atoms with van der Waals surface area (Å²) in [4.78, 5) is 4.28. The number of halogens is 2. The van der Waals surface area contributed by atoms with E-state index in [9.17, 15) is 9.50 Å². The Labute approximate surface area is 119 Å². The molecule has 2 N–H and O–H groups in total. The van der Waals surface area contributed by atoms with Gasteiger partial charge in [-0.25, -0.2) is 4.39 Å². The summed E-state index contributed by atoms with van der Waals surface area (Å²) in [6, 6.07) is 4.09. The van der Waals surface area contributed by atoms with E-state index in [0.29, 0.717) is 36.1 Å². The van der Waals surface area contributed by atoms with Crippen LogP contribution in [0.1, 0.15) is 29.7 Å². The monoisotopic (exact) mass is 297 g/mol. The maximum absolute atomic E-state index is 13.0. The van der Waals surface area contributed by atoms with Gasteiger partial charge in [-0.3, -0.25) is 0 Å². The maximum Gasteiger partial charge on any atom is 0.243 e. The first-order valence-electron chi connectivity index (χ1n) is 6.29. The highest BCUT2D eigenvalue weighted by Crippen LogP contribution is 2.23. The van der Waals surface area contributed by atoms with Gasteiger partial charge in [0.1, 0.15) is 5.82 Å². The van der Waals surface area contributed by atoms with Gasteiger partial charge < -0.3 is 14.9 Å². The van der Waals surface area contributed by atoms with Crippen LogP contribution in [0.15, 0.2) is 22.7 Å². The van der Waals surface area contributed by atoms with Crippen molar-refractivity contribution in [3.05, 3.63) is 46.3 Å². The highest BCUT2D eigenvalue weighted by molar-refractivity contribution is 6.31. The first-order valence-corrected chi connectivity index (χ1v) is 6.67. The third-order valence-corrected chi connectivity index (χ3v) is 3.61. The molecule has 0 spiro atoms. The number of nitrogens with zero attached hydrogens (tertiary/aromatic N) is 2. The van der Waals surface area contributed by atoms with Gasteiger partial charge in [0, 0.05) is 18.0 Å². The molecule has 1 aromatic carbocycles. The summed E-state index contributed by atoms with van der Waals surface area (Å²) in [5.41, 5.74) is 0.736. The molecule has 1 fully saturated rings. The van der Waals surface area contributed by atoms with Gasteiger partial charge in [-0.15, -0.1) is 0 Å². The summed E-state index contributed by atoms with van der Waals surface area (Å²) in [5, 5.41) is 16.8. The average Bonchev–Trinajstić information content (AvgIpc) is 3.02. The first kappa shape index (κ1) is 13.5. The molecule has 0 aliphatic carbocycles. The van der Waals surface area contributed by atoms with Crippen LogP contribution >= 0.6 is 11.6 Å². The van der Waals surface area contributed by atoms with Gasteiger partial charge >= 0.3 is 0 Å². The third-order valence-electron chi connectivity index (χ3n) is 3.25. The second kappa shape index (κ2) is 5.47. The molecule has 1 aliphatic heterocycles. The van der Waals surface area contributed by atoms with Crippen LogP contribution in [0.25, 0.3) is 0 Å². The number of hydrogen-bond donors (Lipinski definition) is 2. The van der Waals surface area contributed by atoms with Crippen LogP contribution in [0.3, 0.4) is 0 Å². The summed E-state index contributed by atoms with van der Waals surface area (Å²) in [6.07, 6.45) is 0.540. The number of hydrogen-bond acceptors (Lipinski definition) is 5. The van der Waals surface area contributed by atoms with Gasteiger partial charge in [0.05, 0.1) is 12.1 Å². The van der Waals surface area contributed by atoms with Crippen LogP contribution in [-0.2, 0) is 6.42 Å². The average molecular weight is 298 g/mol. The smallest absolute Gasteiger partial charge is 0.243 e. The molecule has 3 rings (SSSR count). The predicted octanol–water partition coefficient (Wildman–Crippen LogP) is 1.85. The van der Waals surface area contributed by atoms with Gasteiger partial charge in [-0.05, 0) is 24.1 Å². The lowest BCUT2D eigenvalue weighted by Crippen LogP contribution is -2.15. The number of benzene rings is 1. The minimum atomic E-state index is -0.387. The molecule has 0 radical (unpaired) electrons. The Bertz CT molecular complexity index is 619. The standard InChI is InChI=1S/C13H13ClFN3O2/c14-10-4-8(15)2-1-7(10)3-12-17-13(20-18-12)11-5-9(19)6-16-11/h1-2,4,9,11,16,19H,3,5-6H2/t9-,11+/m0/s1. The molecular weight excluding hydrogens is 285 g/mol. The molecule has 2 aromatic rings. The Morgan fingerprint density at radius 1 is 1.50 bits per heavy atom. The molecule has 0 saturated carbocycles. The largest absolute Gasteiger partial charge is 0.392 e. The quantitative estimate of drug-likeness (QED) is 0.904. The van der Waals surface area contributed by atoms with Crippen molar-refractivity contribution in [2.24, 2.45) is 0 Å². The van der Waals surface area contributed by atoms with Crippen molar-refractivity contribution < 1.29 is 14.0 Å². The van der Waals surface area contributed by atoms with Crippen LogP contribution < -0.4 is 5.32 Å². The zero-order valence-corrected chi connectivity index (χ0v) is 11.3. The summed E-state index contributed by atoms with van der Waals surface area (Å²) >= 11 is 5.96. The minimum absolute atomic E-state index is 0.116. The molecule has 0 bridgehead atoms. The molecule has 0 unspecified atom stereocenters. The van der Waals surface area contributed by atoms with Gasteiger partial charge in [0.2, 0.25) is 5.89 Å². The van der Waals surface area contributed by atoms with Gasteiger partial charge in [-0.2, -0.15) is 4.98 Å². The Balaban J connectivity index is 1.74. The van der Waals surface area contributed by atoms with E-state index in [-0.39, 0.29) is 18.0 Å². The van der Waals surface area contributed by atoms with Crippen LogP contribution in [0.4, 0.5) is 4.39 Å². The number of aromatic nitrogens is 2. The van der Waals surface area contributed by atoms with E-state index >= 15 is 0 Å². The van der Waals surface area contributed by atoms with E-state index in [4.69, 9.17) is 16.1 Å². The van der Waals surface area contributed by atoms with Crippen LogP contribution in [0, 0.1) is 5.82 Å². The molecule has 2 heterocycles. The fraction of sp³-hybridized carbons (Fsp3) is 0.385. The molecule has 1 aromatic heterocycles. The Morgan fingerprint density at radius 3 is 3.05 bits per heavy atom. The second-order valence-corrected chi connectivity index (χ2v) is 5.22. The molecule has 1 saturated heterocycles. The van der Waals surface area contributed by atoms with Crippen molar-refractivity contribution in [2.75, 3.05) is 6.54 Å². The molecule has 1 aliphatic rings. The molecule has 106 valence electrons. The zero-order valence-electron chi connectivity index (χ0n) is 10.5. The van der Waals surface area contributed by atoms with E-state index in [1.54, 1.807) is 6.07 Å². The van der Waals surface area contributed by atoms with Gasteiger partial charge in [-0.1, -0.05) is 22.8 Å². The number of rotatable bonds is 3. The topological polar surface area (TPSA) is 71.2 Å². The fourth-order valence-electron chi connectivity index (χ4n) is 2.22. The lowest BCUT2D eigenvalue weighted by atomic mass is 10.1. The molecular formula is C13H13ClFN3O2. The van der Waals surface area contributed by atoms with E-state index in [1.807, 2.05) is 0 Å². The van der Waals surface area contributed by atoms with E-state index in [1.165, 1.54) is 12.1 Å². The van der Waals surface area contributed by atoms with Gasteiger partial charge in [0.15, 0.2) is 5.82 Å². The maximum atomic E-state index is 13.0. The van der Waals surface area contributed by atoms with Crippen molar-refractivity contribution in [3.8, 4) is 0 Å².